The van der Waals surface area contributed by atoms with Gasteiger partial charge < -0.3 is 19.9 Å². The van der Waals surface area contributed by atoms with Crippen LogP contribution in [0.5, 0.6) is 5.75 Å². The Bertz CT molecular complexity index is 1120. The van der Waals surface area contributed by atoms with Crippen LogP contribution in [0.15, 0.2) is 60.2 Å². The number of rotatable bonds is 6. The molecule has 2 aromatic heterocycles. The molecule has 8 nitrogen and oxygen atoms in total. The molecule has 0 saturated carbocycles. The van der Waals surface area contributed by atoms with Crippen molar-refractivity contribution in [1.29, 1.82) is 0 Å². The number of hydrogen-bond donors (Lipinski definition) is 1. The molecule has 1 N–H and O–H groups in total. The maximum Gasteiger partial charge on any atom is 0.261 e. The molecule has 3 aromatic rings. The maximum atomic E-state index is 13.3. The molecule has 2 saturated heterocycles. The Morgan fingerprint density at radius 1 is 1.06 bits per heavy atom. The molecule has 1 unspecified atom stereocenters. The number of carbonyl (C=O) groups excluding carboxylic acids is 2. The van der Waals surface area contributed by atoms with Gasteiger partial charge in [0.05, 0.1) is 17.7 Å². The Labute approximate surface area is 202 Å². The van der Waals surface area contributed by atoms with Gasteiger partial charge in [-0.25, -0.2) is 4.98 Å². The van der Waals surface area contributed by atoms with Crippen LogP contribution in [0.25, 0.3) is 11.3 Å². The smallest absolute Gasteiger partial charge is 0.261 e. The first-order valence-corrected chi connectivity index (χ1v) is 12.4. The lowest BCUT2D eigenvalue weighted by molar-refractivity contribution is -0.138. The van der Waals surface area contributed by atoms with E-state index in [2.05, 4.69) is 10.3 Å². The van der Waals surface area contributed by atoms with Gasteiger partial charge in [-0.05, 0) is 30.7 Å². The lowest BCUT2D eigenvalue weighted by Crippen LogP contribution is -2.52. The lowest BCUT2D eigenvalue weighted by Gasteiger charge is -2.31. The fraction of sp³-hybridized carbons (Fsp3) is 0.360. The predicted molar refractivity (Wildman–Crippen MR) is 129 cm³/mol. The van der Waals surface area contributed by atoms with E-state index >= 15 is 0 Å². The number of aromatic nitrogens is 2. The molecular formula is C25H27N5O3S. The van der Waals surface area contributed by atoms with Gasteiger partial charge in [0.2, 0.25) is 5.91 Å². The van der Waals surface area contributed by atoms with Gasteiger partial charge in [-0.1, -0.05) is 18.2 Å². The molecular weight excluding hydrogens is 450 g/mol. The van der Waals surface area contributed by atoms with E-state index in [9.17, 15) is 9.59 Å². The van der Waals surface area contributed by atoms with E-state index in [0.29, 0.717) is 31.8 Å². The van der Waals surface area contributed by atoms with Gasteiger partial charge in [0.1, 0.15) is 10.8 Å². The van der Waals surface area contributed by atoms with E-state index in [0.717, 1.165) is 29.4 Å². The highest BCUT2D eigenvalue weighted by atomic mass is 32.1. The van der Waals surface area contributed by atoms with Crippen LogP contribution in [-0.2, 0) is 9.59 Å². The SMILES string of the molecule is O=C(C1CNC1)N1CCC(c2nc(-c3ccncc3)cs2)N(C(=O)COc2ccccc2)CC1. The van der Waals surface area contributed by atoms with Crippen molar-refractivity contribution in [3.8, 4) is 17.0 Å². The van der Waals surface area contributed by atoms with Crippen LogP contribution in [0.2, 0.25) is 0 Å². The van der Waals surface area contributed by atoms with Crippen molar-refractivity contribution < 1.29 is 14.3 Å². The molecule has 34 heavy (non-hydrogen) atoms. The molecule has 2 aliphatic rings. The molecule has 2 fully saturated rings. The largest absolute Gasteiger partial charge is 0.484 e. The summed E-state index contributed by atoms with van der Waals surface area (Å²) >= 11 is 1.55. The van der Waals surface area contributed by atoms with Crippen LogP contribution < -0.4 is 10.1 Å². The topological polar surface area (TPSA) is 87.7 Å². The van der Waals surface area contributed by atoms with Gasteiger partial charge in [-0.3, -0.25) is 14.6 Å². The highest BCUT2D eigenvalue weighted by molar-refractivity contribution is 7.10. The minimum absolute atomic E-state index is 0.0419. The summed E-state index contributed by atoms with van der Waals surface area (Å²) in [5, 5.41) is 6.06. The van der Waals surface area contributed by atoms with Crippen LogP contribution >= 0.6 is 11.3 Å². The van der Waals surface area contributed by atoms with Crippen molar-refractivity contribution in [2.24, 2.45) is 5.92 Å². The molecule has 176 valence electrons. The third-order valence-electron chi connectivity index (χ3n) is 6.31. The van der Waals surface area contributed by atoms with Crippen molar-refractivity contribution in [2.45, 2.75) is 12.5 Å². The van der Waals surface area contributed by atoms with Crippen LogP contribution in [0.3, 0.4) is 0 Å². The van der Waals surface area contributed by atoms with Crippen molar-refractivity contribution in [3.63, 3.8) is 0 Å². The Hall–Kier alpha value is -3.30. The molecule has 0 radical (unpaired) electrons. The van der Waals surface area contributed by atoms with E-state index in [1.54, 1.807) is 23.7 Å². The highest BCUT2D eigenvalue weighted by Crippen LogP contribution is 2.32. The summed E-state index contributed by atoms with van der Waals surface area (Å²) in [6, 6.07) is 13.0. The van der Waals surface area contributed by atoms with Crippen LogP contribution in [-0.4, -0.2) is 70.9 Å². The summed E-state index contributed by atoms with van der Waals surface area (Å²) in [7, 11) is 0. The Morgan fingerprint density at radius 2 is 1.85 bits per heavy atom. The number of hydrogen-bond acceptors (Lipinski definition) is 7. The zero-order chi connectivity index (χ0) is 23.3. The van der Waals surface area contributed by atoms with Gasteiger partial charge >= 0.3 is 0 Å². The first kappa shape index (κ1) is 22.5. The van der Waals surface area contributed by atoms with Crippen molar-refractivity contribution >= 4 is 23.2 Å². The number of pyridine rings is 1. The standard InChI is InChI=1S/C25H27N5O3S/c31-23(16-33-20-4-2-1-3-5-20)30-13-12-29(25(32)19-14-27-15-19)11-8-22(30)24-28-21(17-34-24)18-6-9-26-10-7-18/h1-7,9-10,17,19,22,27H,8,11-16H2. The zero-order valence-corrected chi connectivity index (χ0v) is 19.6. The number of nitrogens with one attached hydrogen (secondary N) is 1. The fourth-order valence-electron chi connectivity index (χ4n) is 4.27. The summed E-state index contributed by atoms with van der Waals surface area (Å²) in [5.74, 6) is 0.768. The highest BCUT2D eigenvalue weighted by Gasteiger charge is 2.35. The molecule has 5 rings (SSSR count). The second kappa shape index (κ2) is 10.3. The summed E-state index contributed by atoms with van der Waals surface area (Å²) in [5.41, 5.74) is 1.86. The molecule has 9 heteroatoms. The monoisotopic (exact) mass is 477 g/mol. The summed E-state index contributed by atoms with van der Waals surface area (Å²) in [6.07, 6.45) is 4.14. The van der Waals surface area contributed by atoms with Gasteiger partial charge in [0.25, 0.3) is 5.91 Å². The first-order chi connectivity index (χ1) is 16.7. The van der Waals surface area contributed by atoms with Crippen LogP contribution in [0, 0.1) is 5.92 Å². The Kier molecular flexibility index (Phi) is 6.82. The quantitative estimate of drug-likeness (QED) is 0.587. The second-order valence-corrected chi connectivity index (χ2v) is 9.37. The number of nitrogens with zero attached hydrogens (tertiary/aromatic N) is 4. The Balaban J connectivity index is 1.35. The number of benzene rings is 1. The van der Waals surface area contributed by atoms with E-state index in [1.807, 2.05) is 57.6 Å². The van der Waals surface area contributed by atoms with Crippen LogP contribution in [0.4, 0.5) is 0 Å². The molecule has 0 spiro atoms. The number of amides is 2. The molecule has 2 aliphatic heterocycles. The number of para-hydroxylation sites is 1. The van der Waals surface area contributed by atoms with Crippen molar-refractivity contribution in [1.82, 2.24) is 25.1 Å². The van der Waals surface area contributed by atoms with E-state index in [1.165, 1.54) is 0 Å². The molecule has 2 amide bonds. The average molecular weight is 478 g/mol. The van der Waals surface area contributed by atoms with E-state index in [-0.39, 0.29) is 30.4 Å². The molecule has 4 heterocycles. The summed E-state index contributed by atoms with van der Waals surface area (Å²) < 4.78 is 5.76. The minimum atomic E-state index is -0.204. The number of carbonyl (C=O) groups is 2. The van der Waals surface area contributed by atoms with Gasteiger partial charge in [0.15, 0.2) is 6.61 Å². The summed E-state index contributed by atoms with van der Waals surface area (Å²) in [6.45, 7) is 2.99. The van der Waals surface area contributed by atoms with E-state index < -0.39 is 0 Å². The van der Waals surface area contributed by atoms with Crippen molar-refractivity contribution in [2.75, 3.05) is 39.3 Å². The predicted octanol–water partition coefficient (Wildman–Crippen LogP) is 2.61. The van der Waals surface area contributed by atoms with Gasteiger partial charge in [-0.2, -0.15) is 0 Å². The van der Waals surface area contributed by atoms with E-state index in [4.69, 9.17) is 9.72 Å². The third kappa shape index (κ3) is 4.95. The molecule has 1 atom stereocenters. The normalized spacial score (nSPS) is 18.8. The second-order valence-electron chi connectivity index (χ2n) is 8.48. The lowest BCUT2D eigenvalue weighted by atomic mass is 10.0. The van der Waals surface area contributed by atoms with Crippen LogP contribution in [0.1, 0.15) is 17.5 Å². The van der Waals surface area contributed by atoms with Gasteiger partial charge in [-0.15, -0.1) is 11.3 Å². The molecule has 1 aromatic carbocycles. The molecule has 0 bridgehead atoms. The summed E-state index contributed by atoms with van der Waals surface area (Å²) in [4.78, 5) is 38.9. The number of ether oxygens (including phenoxy) is 1. The average Bonchev–Trinajstić information content (AvgIpc) is 3.22. The maximum absolute atomic E-state index is 13.3. The number of thiazole rings is 1. The Morgan fingerprint density at radius 3 is 2.59 bits per heavy atom. The first-order valence-electron chi connectivity index (χ1n) is 11.5. The third-order valence-corrected chi connectivity index (χ3v) is 7.26. The molecule has 0 aliphatic carbocycles. The van der Waals surface area contributed by atoms with Gasteiger partial charge in [0, 0.05) is 56.1 Å². The minimum Gasteiger partial charge on any atom is -0.484 e. The fourth-order valence-corrected chi connectivity index (χ4v) is 5.24. The van der Waals surface area contributed by atoms with Crippen molar-refractivity contribution in [3.05, 3.63) is 65.2 Å². The zero-order valence-electron chi connectivity index (χ0n) is 18.8.